The SMILES string of the molecule is CCCCCCCCCCCCCCCCCC(=O)OC/C=C(\C)CCC[C@H](C)CCC[C@H](C)CCCC(C)C. The number of unbranched alkanes of at least 4 members (excludes halogenated alkanes) is 14. The maximum absolute atomic E-state index is 12.0. The summed E-state index contributed by atoms with van der Waals surface area (Å²) in [6.45, 7) is 14.4. The fraction of sp³-hybridized carbons (Fsp3) is 0.921. The van der Waals surface area contributed by atoms with Crippen molar-refractivity contribution < 1.29 is 9.53 Å². The standard InChI is InChI=1S/C38H74O2/c1-7-8-9-10-11-12-13-14-15-16-17-18-19-20-21-31-38(39)40-33-32-37(6)30-24-29-36(5)28-23-27-35(4)26-22-25-34(2)3/h32,34-36H,7-31,33H2,1-6H3/b37-32+/t35-,36-/m1/s1. The van der Waals surface area contributed by atoms with Crippen molar-refractivity contribution in [2.75, 3.05) is 6.61 Å². The fourth-order valence-corrected chi connectivity index (χ4v) is 5.80. The smallest absolute Gasteiger partial charge is 0.306 e. The van der Waals surface area contributed by atoms with Gasteiger partial charge < -0.3 is 4.74 Å². The monoisotopic (exact) mass is 563 g/mol. The van der Waals surface area contributed by atoms with E-state index in [0.29, 0.717) is 13.0 Å². The molecule has 238 valence electrons. The number of carbonyl (C=O) groups excluding carboxylic acids is 1. The molecule has 2 atom stereocenters. The van der Waals surface area contributed by atoms with Crippen molar-refractivity contribution in [3.63, 3.8) is 0 Å². The second-order valence-corrected chi connectivity index (χ2v) is 13.8. The van der Waals surface area contributed by atoms with E-state index in [2.05, 4.69) is 47.6 Å². The van der Waals surface area contributed by atoms with Gasteiger partial charge in [0.2, 0.25) is 0 Å². The van der Waals surface area contributed by atoms with Crippen LogP contribution in [-0.4, -0.2) is 12.6 Å². The predicted octanol–water partition coefficient (Wildman–Crippen LogP) is 13.2. The molecule has 0 aromatic rings. The van der Waals surface area contributed by atoms with Crippen LogP contribution in [0, 0.1) is 17.8 Å². The molecular formula is C38H74O2. The average Bonchev–Trinajstić information content (AvgIpc) is 2.90. The van der Waals surface area contributed by atoms with Crippen LogP contribution in [0.4, 0.5) is 0 Å². The predicted molar refractivity (Wildman–Crippen MR) is 179 cm³/mol. The van der Waals surface area contributed by atoms with Gasteiger partial charge in [-0.25, -0.2) is 0 Å². The third kappa shape index (κ3) is 30.2. The number of ether oxygens (including phenoxy) is 1. The summed E-state index contributed by atoms with van der Waals surface area (Å²) in [5.74, 6) is 2.53. The van der Waals surface area contributed by atoms with Crippen LogP contribution in [-0.2, 0) is 9.53 Å². The Morgan fingerprint density at radius 1 is 0.550 bits per heavy atom. The summed E-state index contributed by atoms with van der Waals surface area (Å²) in [5.41, 5.74) is 1.37. The van der Waals surface area contributed by atoms with E-state index < -0.39 is 0 Å². The van der Waals surface area contributed by atoms with Gasteiger partial charge in [0.1, 0.15) is 6.61 Å². The lowest BCUT2D eigenvalue weighted by Crippen LogP contribution is -2.04. The zero-order valence-electron chi connectivity index (χ0n) is 28.5. The van der Waals surface area contributed by atoms with E-state index in [4.69, 9.17) is 4.74 Å². The lowest BCUT2D eigenvalue weighted by atomic mass is 9.91. The number of hydrogen-bond acceptors (Lipinski definition) is 2. The molecule has 0 fully saturated rings. The van der Waals surface area contributed by atoms with Gasteiger partial charge >= 0.3 is 5.97 Å². The molecule has 0 aliphatic carbocycles. The number of carbonyl (C=O) groups is 1. The largest absolute Gasteiger partial charge is 0.461 e. The van der Waals surface area contributed by atoms with Gasteiger partial charge in [-0.2, -0.15) is 0 Å². The maximum atomic E-state index is 12.0. The average molecular weight is 563 g/mol. The second kappa shape index (κ2) is 29.7. The Labute approximate surface area is 253 Å². The first-order valence-corrected chi connectivity index (χ1v) is 18.2. The molecule has 0 heterocycles. The molecule has 0 unspecified atom stereocenters. The number of hydrogen-bond donors (Lipinski definition) is 0. The van der Waals surface area contributed by atoms with E-state index in [1.807, 2.05) is 0 Å². The van der Waals surface area contributed by atoms with Crippen LogP contribution >= 0.6 is 0 Å². The van der Waals surface area contributed by atoms with Crippen molar-refractivity contribution in [3.8, 4) is 0 Å². The van der Waals surface area contributed by atoms with Crippen LogP contribution in [0.5, 0.6) is 0 Å². The highest BCUT2D eigenvalue weighted by Gasteiger charge is 2.07. The van der Waals surface area contributed by atoms with Gasteiger partial charge in [0.25, 0.3) is 0 Å². The zero-order chi connectivity index (χ0) is 29.7. The van der Waals surface area contributed by atoms with Crippen LogP contribution in [0.15, 0.2) is 11.6 Å². The molecule has 0 spiro atoms. The summed E-state index contributed by atoms with van der Waals surface area (Å²) in [4.78, 5) is 12.0. The molecule has 0 aliphatic rings. The van der Waals surface area contributed by atoms with E-state index in [1.54, 1.807) is 0 Å². The first-order valence-electron chi connectivity index (χ1n) is 18.2. The van der Waals surface area contributed by atoms with Gasteiger partial charge in [-0.05, 0) is 50.0 Å². The molecule has 0 saturated carbocycles. The summed E-state index contributed by atoms with van der Waals surface area (Å²) >= 11 is 0. The van der Waals surface area contributed by atoms with Crippen LogP contribution in [0.25, 0.3) is 0 Å². The Morgan fingerprint density at radius 2 is 0.975 bits per heavy atom. The van der Waals surface area contributed by atoms with Crippen LogP contribution in [0.2, 0.25) is 0 Å². The Kier molecular flexibility index (Phi) is 29.1. The van der Waals surface area contributed by atoms with Crippen molar-refractivity contribution in [1.29, 1.82) is 0 Å². The first kappa shape index (κ1) is 39.2. The Bertz CT molecular complexity index is 564. The Balaban J connectivity index is 3.52. The quantitative estimate of drug-likeness (QED) is 0.0494. The molecule has 2 nitrogen and oxygen atoms in total. The lowest BCUT2D eigenvalue weighted by Gasteiger charge is -2.15. The molecule has 0 aromatic carbocycles. The Morgan fingerprint density at radius 3 is 1.45 bits per heavy atom. The van der Waals surface area contributed by atoms with Crippen LogP contribution in [0.1, 0.15) is 202 Å². The van der Waals surface area contributed by atoms with Crippen LogP contribution in [0.3, 0.4) is 0 Å². The molecule has 0 aliphatic heterocycles. The molecule has 0 radical (unpaired) electrons. The minimum atomic E-state index is -0.0224. The van der Waals surface area contributed by atoms with Crippen molar-refractivity contribution in [3.05, 3.63) is 11.6 Å². The van der Waals surface area contributed by atoms with Gasteiger partial charge in [-0.3, -0.25) is 4.79 Å². The van der Waals surface area contributed by atoms with Crippen molar-refractivity contribution in [2.45, 2.75) is 202 Å². The molecule has 0 bridgehead atoms. The third-order valence-electron chi connectivity index (χ3n) is 8.80. The fourth-order valence-electron chi connectivity index (χ4n) is 5.80. The number of allylic oxidation sites excluding steroid dienone is 1. The first-order chi connectivity index (χ1) is 19.3. The number of rotatable bonds is 30. The molecule has 0 N–H and O–H groups in total. The molecular weight excluding hydrogens is 488 g/mol. The summed E-state index contributed by atoms with van der Waals surface area (Å²) in [6, 6.07) is 0. The zero-order valence-corrected chi connectivity index (χ0v) is 28.5. The molecule has 0 saturated heterocycles. The van der Waals surface area contributed by atoms with E-state index in [0.717, 1.165) is 37.0 Å². The molecule has 0 aromatic heterocycles. The summed E-state index contributed by atoms with van der Waals surface area (Å²) in [5, 5.41) is 0. The Hall–Kier alpha value is -0.790. The summed E-state index contributed by atoms with van der Waals surface area (Å²) < 4.78 is 5.46. The maximum Gasteiger partial charge on any atom is 0.306 e. The third-order valence-corrected chi connectivity index (χ3v) is 8.80. The highest BCUT2D eigenvalue weighted by atomic mass is 16.5. The molecule has 40 heavy (non-hydrogen) atoms. The van der Waals surface area contributed by atoms with Gasteiger partial charge in [0.05, 0.1) is 0 Å². The van der Waals surface area contributed by atoms with Crippen molar-refractivity contribution >= 4 is 5.97 Å². The van der Waals surface area contributed by atoms with Crippen molar-refractivity contribution in [2.24, 2.45) is 17.8 Å². The van der Waals surface area contributed by atoms with E-state index >= 15 is 0 Å². The highest BCUT2D eigenvalue weighted by Crippen LogP contribution is 2.22. The van der Waals surface area contributed by atoms with Gasteiger partial charge in [0.15, 0.2) is 0 Å². The van der Waals surface area contributed by atoms with Gasteiger partial charge in [-0.1, -0.05) is 175 Å². The minimum Gasteiger partial charge on any atom is -0.461 e. The lowest BCUT2D eigenvalue weighted by molar-refractivity contribution is -0.142. The van der Waals surface area contributed by atoms with Gasteiger partial charge in [-0.15, -0.1) is 0 Å². The second-order valence-electron chi connectivity index (χ2n) is 13.8. The van der Waals surface area contributed by atoms with E-state index in [1.165, 1.54) is 140 Å². The topological polar surface area (TPSA) is 26.3 Å². The van der Waals surface area contributed by atoms with Gasteiger partial charge in [0, 0.05) is 6.42 Å². The van der Waals surface area contributed by atoms with Crippen molar-refractivity contribution in [1.82, 2.24) is 0 Å². The molecule has 0 amide bonds. The van der Waals surface area contributed by atoms with E-state index in [9.17, 15) is 4.79 Å². The minimum absolute atomic E-state index is 0.0224. The van der Waals surface area contributed by atoms with E-state index in [-0.39, 0.29) is 5.97 Å². The highest BCUT2D eigenvalue weighted by molar-refractivity contribution is 5.69. The molecule has 2 heteroatoms. The summed E-state index contributed by atoms with van der Waals surface area (Å²) in [7, 11) is 0. The number of esters is 1. The van der Waals surface area contributed by atoms with Crippen LogP contribution < -0.4 is 0 Å². The summed E-state index contributed by atoms with van der Waals surface area (Å²) in [6.07, 6.45) is 35.0. The normalized spacial score (nSPS) is 13.6. The molecule has 0 rings (SSSR count).